The minimum atomic E-state index is -0.277. The molecule has 1 aromatic heterocycles. The zero-order valence-corrected chi connectivity index (χ0v) is 9.24. The number of nitrogens with zero attached hydrogens (tertiary/aromatic N) is 1. The second-order valence-electron chi connectivity index (χ2n) is 4.46. The van der Waals surface area contributed by atoms with Crippen molar-refractivity contribution in [2.75, 3.05) is 13.2 Å². The second kappa shape index (κ2) is 4.16. The van der Waals surface area contributed by atoms with Crippen LogP contribution in [0.15, 0.2) is 12.4 Å². The number of aromatic nitrogens is 2. The Kier molecular flexibility index (Phi) is 2.67. The van der Waals surface area contributed by atoms with Crippen molar-refractivity contribution in [1.82, 2.24) is 15.3 Å². The lowest BCUT2D eigenvalue weighted by Crippen LogP contribution is -2.32. The molecule has 2 N–H and O–H groups in total. The average Bonchev–Trinajstić information content (AvgIpc) is 3.01. The summed E-state index contributed by atoms with van der Waals surface area (Å²) in [6.45, 7) is 2.27. The van der Waals surface area contributed by atoms with E-state index < -0.39 is 0 Å². The zero-order valence-electron chi connectivity index (χ0n) is 9.24. The van der Waals surface area contributed by atoms with Gasteiger partial charge in [0.15, 0.2) is 5.79 Å². The van der Waals surface area contributed by atoms with E-state index in [0.29, 0.717) is 6.04 Å². The van der Waals surface area contributed by atoms with Gasteiger partial charge < -0.3 is 19.8 Å². The Hall–Kier alpha value is -0.910. The van der Waals surface area contributed by atoms with Crippen molar-refractivity contribution in [1.29, 1.82) is 0 Å². The van der Waals surface area contributed by atoms with Crippen molar-refractivity contribution < 1.29 is 9.47 Å². The summed E-state index contributed by atoms with van der Waals surface area (Å²) < 4.78 is 11.4. The quantitative estimate of drug-likeness (QED) is 0.795. The van der Waals surface area contributed by atoms with Crippen molar-refractivity contribution >= 4 is 0 Å². The van der Waals surface area contributed by atoms with E-state index in [-0.39, 0.29) is 5.79 Å². The fourth-order valence-corrected chi connectivity index (χ4v) is 2.54. The first-order valence-corrected chi connectivity index (χ1v) is 5.86. The minimum Gasteiger partial charge on any atom is -0.348 e. The van der Waals surface area contributed by atoms with Gasteiger partial charge in [-0.1, -0.05) is 0 Å². The number of ether oxygens (including phenoxy) is 2. The summed E-state index contributed by atoms with van der Waals surface area (Å²) in [4.78, 5) is 7.27. The molecule has 0 radical (unpaired) electrons. The molecule has 1 atom stereocenters. The Balaban J connectivity index is 1.50. The number of rotatable bonds is 3. The molecule has 88 valence electrons. The third-order valence-electron chi connectivity index (χ3n) is 3.36. The highest BCUT2D eigenvalue weighted by Crippen LogP contribution is 2.37. The molecule has 1 saturated heterocycles. The number of H-pyrrole nitrogens is 1. The molecule has 2 heterocycles. The number of hydrogen-bond acceptors (Lipinski definition) is 4. The van der Waals surface area contributed by atoms with Gasteiger partial charge in [0.25, 0.3) is 0 Å². The van der Waals surface area contributed by atoms with E-state index in [2.05, 4.69) is 15.3 Å². The minimum absolute atomic E-state index is 0.277. The molecule has 1 aromatic rings. The molecule has 5 heteroatoms. The highest BCUT2D eigenvalue weighted by molar-refractivity contribution is 4.92. The summed E-state index contributed by atoms with van der Waals surface area (Å²) in [6.07, 6.45) is 6.68. The van der Waals surface area contributed by atoms with Crippen molar-refractivity contribution in [3.63, 3.8) is 0 Å². The maximum Gasteiger partial charge on any atom is 0.170 e. The summed E-state index contributed by atoms with van der Waals surface area (Å²) >= 11 is 0. The summed E-state index contributed by atoms with van der Waals surface area (Å²) in [5, 5.41) is 3.48. The fourth-order valence-electron chi connectivity index (χ4n) is 2.54. The molecular formula is C11H17N3O2. The molecule has 0 bridgehead atoms. The van der Waals surface area contributed by atoms with Crippen LogP contribution in [0.4, 0.5) is 0 Å². The monoisotopic (exact) mass is 223 g/mol. The van der Waals surface area contributed by atoms with Crippen LogP contribution in [0.5, 0.6) is 0 Å². The normalized spacial score (nSPS) is 27.9. The summed E-state index contributed by atoms with van der Waals surface area (Å²) in [5.74, 6) is 0.704. The van der Waals surface area contributed by atoms with Gasteiger partial charge in [-0.3, -0.25) is 0 Å². The molecule has 2 aliphatic rings. The summed E-state index contributed by atoms with van der Waals surface area (Å²) in [7, 11) is 0. The lowest BCUT2D eigenvalue weighted by molar-refractivity contribution is -0.151. The van der Waals surface area contributed by atoms with Crippen molar-refractivity contribution in [2.45, 2.75) is 37.6 Å². The Morgan fingerprint density at radius 1 is 1.50 bits per heavy atom. The summed E-state index contributed by atoms with van der Waals surface area (Å²) in [6, 6.07) is 0.475. The van der Waals surface area contributed by atoms with E-state index >= 15 is 0 Å². The molecule has 0 amide bonds. The van der Waals surface area contributed by atoms with Gasteiger partial charge in [-0.2, -0.15) is 0 Å². The molecule has 5 nitrogen and oxygen atoms in total. The van der Waals surface area contributed by atoms with Crippen LogP contribution in [0, 0.1) is 0 Å². The molecule has 2 fully saturated rings. The third kappa shape index (κ3) is 1.98. The van der Waals surface area contributed by atoms with E-state index in [0.717, 1.165) is 44.8 Å². The van der Waals surface area contributed by atoms with Gasteiger partial charge >= 0.3 is 0 Å². The standard InChI is InChI=1S/C11H17N3O2/c1-2-11(15-5-6-16-11)7-9(1)14-8-10-12-3-4-13-10/h3-4,9,14H,1-2,5-8H2,(H,12,13). The lowest BCUT2D eigenvalue weighted by atomic mass is 10.2. The predicted molar refractivity (Wildman–Crippen MR) is 57.7 cm³/mol. The van der Waals surface area contributed by atoms with Gasteiger partial charge in [-0.05, 0) is 6.42 Å². The first-order chi connectivity index (χ1) is 7.86. The van der Waals surface area contributed by atoms with Crippen LogP contribution >= 0.6 is 0 Å². The van der Waals surface area contributed by atoms with Crippen LogP contribution < -0.4 is 5.32 Å². The average molecular weight is 223 g/mol. The zero-order chi connectivity index (χ0) is 10.8. The molecule has 1 unspecified atom stereocenters. The SMILES string of the molecule is c1c[nH]c(CNC2CCC3(C2)OCCO3)n1. The Morgan fingerprint density at radius 2 is 2.38 bits per heavy atom. The van der Waals surface area contributed by atoms with Crippen LogP contribution in [0.1, 0.15) is 25.1 Å². The Bertz CT molecular complexity index is 333. The molecule has 1 aliphatic carbocycles. The second-order valence-corrected chi connectivity index (χ2v) is 4.46. The molecule has 1 saturated carbocycles. The molecule has 3 rings (SSSR count). The Morgan fingerprint density at radius 3 is 3.12 bits per heavy atom. The molecule has 1 spiro atoms. The highest BCUT2D eigenvalue weighted by Gasteiger charge is 2.43. The first kappa shape index (κ1) is 10.3. The number of hydrogen-bond donors (Lipinski definition) is 2. The highest BCUT2D eigenvalue weighted by atomic mass is 16.7. The van der Waals surface area contributed by atoms with E-state index in [4.69, 9.17) is 9.47 Å². The largest absolute Gasteiger partial charge is 0.348 e. The molecule has 1 aliphatic heterocycles. The molecule has 16 heavy (non-hydrogen) atoms. The van der Waals surface area contributed by atoms with E-state index in [1.165, 1.54) is 0 Å². The van der Waals surface area contributed by atoms with Crippen molar-refractivity contribution in [3.8, 4) is 0 Å². The predicted octanol–water partition coefficient (Wildman–Crippen LogP) is 0.795. The van der Waals surface area contributed by atoms with Gasteiger partial charge in [0, 0.05) is 31.3 Å². The van der Waals surface area contributed by atoms with Gasteiger partial charge in [0.2, 0.25) is 0 Å². The van der Waals surface area contributed by atoms with Crippen LogP contribution in [-0.2, 0) is 16.0 Å². The van der Waals surface area contributed by atoms with Gasteiger partial charge in [-0.25, -0.2) is 4.98 Å². The maximum atomic E-state index is 5.68. The van der Waals surface area contributed by atoms with E-state index in [1.807, 2.05) is 6.20 Å². The third-order valence-corrected chi connectivity index (χ3v) is 3.36. The lowest BCUT2D eigenvalue weighted by Gasteiger charge is -2.21. The van der Waals surface area contributed by atoms with Crippen LogP contribution in [0.25, 0.3) is 0 Å². The summed E-state index contributed by atoms with van der Waals surface area (Å²) in [5.41, 5.74) is 0. The number of imidazole rings is 1. The van der Waals surface area contributed by atoms with Crippen LogP contribution in [-0.4, -0.2) is 35.0 Å². The van der Waals surface area contributed by atoms with Crippen molar-refractivity contribution in [3.05, 3.63) is 18.2 Å². The topological polar surface area (TPSA) is 59.2 Å². The molecule has 0 aromatic carbocycles. The number of nitrogens with one attached hydrogen (secondary N) is 2. The number of aromatic amines is 1. The van der Waals surface area contributed by atoms with E-state index in [9.17, 15) is 0 Å². The first-order valence-electron chi connectivity index (χ1n) is 5.86. The van der Waals surface area contributed by atoms with Crippen molar-refractivity contribution in [2.24, 2.45) is 0 Å². The Labute approximate surface area is 94.5 Å². The van der Waals surface area contributed by atoms with Crippen LogP contribution in [0.3, 0.4) is 0 Å². The fraction of sp³-hybridized carbons (Fsp3) is 0.727. The molecular weight excluding hydrogens is 206 g/mol. The smallest absolute Gasteiger partial charge is 0.170 e. The van der Waals surface area contributed by atoms with Gasteiger partial charge in [0.1, 0.15) is 5.82 Å². The van der Waals surface area contributed by atoms with E-state index in [1.54, 1.807) is 6.20 Å². The van der Waals surface area contributed by atoms with Crippen LogP contribution in [0.2, 0.25) is 0 Å². The van der Waals surface area contributed by atoms with Gasteiger partial charge in [0.05, 0.1) is 19.8 Å². The maximum absolute atomic E-state index is 5.68. The van der Waals surface area contributed by atoms with Gasteiger partial charge in [-0.15, -0.1) is 0 Å².